The number of morpholine rings is 2. The lowest BCUT2D eigenvalue weighted by Crippen LogP contribution is -2.40. The summed E-state index contributed by atoms with van der Waals surface area (Å²) < 4.78 is 12.1. The van der Waals surface area contributed by atoms with Crippen LogP contribution < -0.4 is 20.5 Å². The topological polar surface area (TPSA) is 66.9 Å². The Bertz CT molecular complexity index is 1160. The second kappa shape index (κ2) is 9.38. The van der Waals surface area contributed by atoms with Crippen LogP contribution in [0.15, 0.2) is 29.1 Å². The molecule has 5 rings (SSSR count). The highest BCUT2D eigenvalue weighted by atomic mass is 32.1. The van der Waals surface area contributed by atoms with E-state index >= 15 is 0 Å². The smallest absolute Gasteiger partial charge is 0.207 e. The van der Waals surface area contributed by atoms with Gasteiger partial charge in [-0.25, -0.2) is 4.98 Å². The van der Waals surface area contributed by atoms with Gasteiger partial charge in [-0.05, 0) is 38.1 Å². The molecule has 0 saturated carbocycles. The molecule has 0 aromatic heterocycles. The Labute approximate surface area is 203 Å². The molecule has 1 aromatic rings. The molecule has 3 aliphatic heterocycles. The van der Waals surface area contributed by atoms with Crippen molar-refractivity contribution in [3.05, 3.63) is 40.1 Å². The first-order valence-corrected chi connectivity index (χ1v) is 12.7. The van der Waals surface area contributed by atoms with Crippen LogP contribution in [-0.2, 0) is 16.0 Å². The van der Waals surface area contributed by atoms with Crippen LogP contribution in [0.3, 0.4) is 0 Å². The van der Waals surface area contributed by atoms with E-state index < -0.39 is 0 Å². The zero-order chi connectivity index (χ0) is 23.0. The maximum absolute atomic E-state index is 13.7. The van der Waals surface area contributed by atoms with E-state index in [0.29, 0.717) is 32.8 Å². The van der Waals surface area contributed by atoms with E-state index in [1.807, 2.05) is 19.9 Å². The molecule has 1 aromatic carbocycles. The maximum atomic E-state index is 13.7. The molecule has 176 valence electrons. The fraction of sp³-hybridized carbons (Fsp3) is 0.500. The van der Waals surface area contributed by atoms with Crippen molar-refractivity contribution >= 4 is 45.6 Å². The molecular weight excluding hydrogens is 456 g/mol. The summed E-state index contributed by atoms with van der Waals surface area (Å²) in [5.41, 5.74) is 4.52. The van der Waals surface area contributed by atoms with Crippen molar-refractivity contribution in [3.63, 3.8) is 0 Å². The Hall–Kier alpha value is -1.91. The first-order valence-electron chi connectivity index (χ1n) is 11.4. The molecule has 1 N–H and O–H groups in total. The van der Waals surface area contributed by atoms with Crippen LogP contribution in [0.25, 0.3) is 20.8 Å². The summed E-state index contributed by atoms with van der Waals surface area (Å²) in [5, 5.41) is 3.34. The van der Waals surface area contributed by atoms with Crippen molar-refractivity contribution in [3.8, 4) is 10.6 Å². The van der Waals surface area contributed by atoms with Gasteiger partial charge in [-0.3, -0.25) is 10.1 Å². The minimum absolute atomic E-state index is 0.0659. The molecule has 0 atom stereocenters. The molecule has 0 spiro atoms. The van der Waals surface area contributed by atoms with Crippen molar-refractivity contribution in [1.82, 2.24) is 10.3 Å². The van der Waals surface area contributed by atoms with Crippen LogP contribution in [0.2, 0.25) is 0 Å². The first-order chi connectivity index (χ1) is 15.9. The largest absolute Gasteiger partial charge is 0.378 e. The van der Waals surface area contributed by atoms with Crippen molar-refractivity contribution < 1.29 is 9.47 Å². The molecule has 2 fully saturated rings. The van der Waals surface area contributed by atoms with Crippen molar-refractivity contribution in [2.75, 3.05) is 62.4 Å². The fourth-order valence-electron chi connectivity index (χ4n) is 4.31. The molecular formula is C24H30N4O3S2. The summed E-state index contributed by atoms with van der Waals surface area (Å²) in [7, 11) is 0. The van der Waals surface area contributed by atoms with Crippen LogP contribution in [-0.4, -0.2) is 62.5 Å². The van der Waals surface area contributed by atoms with E-state index in [2.05, 4.69) is 45.9 Å². The minimum Gasteiger partial charge on any atom is -0.378 e. The Morgan fingerprint density at radius 3 is 2.39 bits per heavy atom. The van der Waals surface area contributed by atoms with Gasteiger partial charge in [0.25, 0.3) is 0 Å². The van der Waals surface area contributed by atoms with Crippen LogP contribution >= 0.6 is 24.0 Å². The zero-order valence-electron chi connectivity index (χ0n) is 19.1. The second-order valence-electron chi connectivity index (χ2n) is 9.04. The molecule has 4 aliphatic rings. The molecule has 1 aliphatic carbocycles. The lowest BCUT2D eigenvalue weighted by Gasteiger charge is -2.31. The third-order valence-corrected chi connectivity index (χ3v) is 7.39. The SMILES string of the molecule is CC(C)(S)NCc1cc2nc3ccc(N4CCOCC4)cc3sc-2c(N2CCOCC2)c1=O. The maximum Gasteiger partial charge on any atom is 0.207 e. The molecule has 33 heavy (non-hydrogen) atoms. The van der Waals surface area contributed by atoms with Crippen molar-refractivity contribution in [1.29, 1.82) is 0 Å². The van der Waals surface area contributed by atoms with Crippen molar-refractivity contribution in [2.45, 2.75) is 25.3 Å². The molecule has 3 heterocycles. The summed E-state index contributed by atoms with van der Waals surface area (Å²) >= 11 is 6.21. The average Bonchev–Trinajstić information content (AvgIpc) is 2.82. The molecule has 0 bridgehead atoms. The van der Waals surface area contributed by atoms with Crippen LogP contribution in [0.4, 0.5) is 11.4 Å². The highest BCUT2D eigenvalue weighted by Gasteiger charge is 2.25. The summed E-state index contributed by atoms with van der Waals surface area (Å²) in [6.07, 6.45) is 0. The van der Waals surface area contributed by atoms with Gasteiger partial charge in [0.05, 0.1) is 52.1 Å². The quantitative estimate of drug-likeness (QED) is 0.326. The number of nitrogens with zero attached hydrogens (tertiary/aromatic N) is 3. The van der Waals surface area contributed by atoms with Gasteiger partial charge < -0.3 is 19.3 Å². The highest BCUT2D eigenvalue weighted by molar-refractivity contribution is 7.81. The van der Waals surface area contributed by atoms with E-state index in [1.165, 1.54) is 5.69 Å². The number of ether oxygens (including phenoxy) is 2. The van der Waals surface area contributed by atoms with Crippen LogP contribution in [0.5, 0.6) is 0 Å². The number of nitrogens with one attached hydrogen (secondary N) is 1. The number of thiol groups is 1. The van der Waals surface area contributed by atoms with Gasteiger partial charge in [-0.15, -0.1) is 11.3 Å². The van der Waals surface area contributed by atoms with Gasteiger partial charge >= 0.3 is 0 Å². The third-order valence-electron chi connectivity index (χ3n) is 6.08. The molecule has 2 saturated heterocycles. The van der Waals surface area contributed by atoms with Gasteiger partial charge in [0.15, 0.2) is 0 Å². The van der Waals surface area contributed by atoms with E-state index in [1.54, 1.807) is 11.3 Å². The number of fused-ring (bicyclic) bond motifs is 2. The summed E-state index contributed by atoms with van der Waals surface area (Å²) in [6, 6.07) is 8.37. The predicted molar refractivity (Wildman–Crippen MR) is 138 cm³/mol. The normalized spacial score (nSPS) is 17.8. The Morgan fingerprint density at radius 1 is 1.06 bits per heavy atom. The van der Waals surface area contributed by atoms with E-state index in [9.17, 15) is 4.79 Å². The number of anilines is 2. The molecule has 0 amide bonds. The number of aromatic nitrogens is 1. The summed E-state index contributed by atoms with van der Waals surface area (Å²) in [5.74, 6) is 0. The number of hydrogen-bond acceptors (Lipinski definition) is 9. The van der Waals surface area contributed by atoms with Crippen molar-refractivity contribution in [2.24, 2.45) is 0 Å². The minimum atomic E-state index is -0.379. The Morgan fingerprint density at radius 2 is 1.73 bits per heavy atom. The molecule has 0 unspecified atom stereocenters. The zero-order valence-corrected chi connectivity index (χ0v) is 20.8. The lowest BCUT2D eigenvalue weighted by molar-refractivity contribution is 0.122. The Kier molecular flexibility index (Phi) is 6.50. The lowest BCUT2D eigenvalue weighted by atomic mass is 10.1. The van der Waals surface area contributed by atoms with E-state index in [4.69, 9.17) is 14.5 Å². The number of benzene rings is 2. The first kappa shape index (κ1) is 22.9. The van der Waals surface area contributed by atoms with Crippen LogP contribution in [0, 0.1) is 0 Å². The second-order valence-corrected chi connectivity index (χ2v) is 11.2. The number of hydrogen-bond donors (Lipinski definition) is 2. The van der Waals surface area contributed by atoms with E-state index in [0.717, 1.165) is 58.3 Å². The summed E-state index contributed by atoms with van der Waals surface area (Å²) in [4.78, 5) is 23.7. The van der Waals surface area contributed by atoms with Gasteiger partial charge in [0.1, 0.15) is 5.69 Å². The summed E-state index contributed by atoms with van der Waals surface area (Å²) in [6.45, 7) is 10.3. The van der Waals surface area contributed by atoms with Gasteiger partial charge in [0, 0.05) is 44.0 Å². The molecule has 7 nitrogen and oxygen atoms in total. The van der Waals surface area contributed by atoms with Crippen LogP contribution in [0.1, 0.15) is 19.4 Å². The number of rotatable bonds is 5. The highest BCUT2D eigenvalue weighted by Crippen LogP contribution is 2.38. The predicted octanol–water partition coefficient (Wildman–Crippen LogP) is 3.19. The molecule has 9 heteroatoms. The van der Waals surface area contributed by atoms with Gasteiger partial charge in [0.2, 0.25) is 5.43 Å². The van der Waals surface area contributed by atoms with Gasteiger partial charge in [-0.2, -0.15) is 12.6 Å². The monoisotopic (exact) mass is 486 g/mol. The van der Waals surface area contributed by atoms with E-state index in [-0.39, 0.29) is 10.3 Å². The Balaban J connectivity index is 1.63. The molecule has 0 radical (unpaired) electrons. The third kappa shape index (κ3) is 4.97. The van der Waals surface area contributed by atoms with Gasteiger partial charge in [-0.1, -0.05) is 0 Å². The standard InChI is InChI=1S/C24H30N4O3S2/c1-24(2,32)25-15-16-13-19-23(21(22(16)29)28-7-11-31-12-8-28)33-20-14-17(3-4-18(20)26-19)27-5-9-30-10-6-27/h3-4,13-14,25,32H,5-12,15H2,1-2H3. The average molecular weight is 487 g/mol. The fourth-order valence-corrected chi connectivity index (χ4v) is 5.53.